The third kappa shape index (κ3) is 6.77. The molecule has 1 aliphatic heterocycles. The summed E-state index contributed by atoms with van der Waals surface area (Å²) in [5.74, 6) is -1.93. The van der Waals surface area contributed by atoms with Crippen LogP contribution in [0.1, 0.15) is 31.2 Å². The SMILES string of the molecule is C=CCc1cn([C@@H]2O[C@H](COC(C)=O)[C@H](OS(=O)(=O)Cc3ccccc3)[C@H]2OC(C)=O)c(=O)nc1N. The van der Waals surface area contributed by atoms with Gasteiger partial charge in [0.1, 0.15) is 30.4 Å². The average molecular weight is 522 g/mol. The van der Waals surface area contributed by atoms with Gasteiger partial charge in [-0.3, -0.25) is 18.3 Å². The molecule has 2 aromatic rings. The molecule has 2 N–H and O–H groups in total. The number of rotatable bonds is 10. The summed E-state index contributed by atoms with van der Waals surface area (Å²) in [4.78, 5) is 39.9. The number of hydrogen-bond acceptors (Lipinski definition) is 11. The van der Waals surface area contributed by atoms with Crippen LogP contribution < -0.4 is 11.4 Å². The van der Waals surface area contributed by atoms with Crippen molar-refractivity contribution in [3.8, 4) is 0 Å². The van der Waals surface area contributed by atoms with E-state index in [4.69, 9.17) is 24.1 Å². The first-order valence-corrected chi connectivity index (χ1v) is 12.5. The Morgan fingerprint density at radius 2 is 1.89 bits per heavy atom. The van der Waals surface area contributed by atoms with Crippen LogP contribution in [-0.2, 0) is 50.3 Å². The highest BCUT2D eigenvalue weighted by molar-refractivity contribution is 7.85. The Morgan fingerprint density at radius 3 is 2.50 bits per heavy atom. The van der Waals surface area contributed by atoms with E-state index in [-0.39, 0.29) is 12.2 Å². The molecule has 0 amide bonds. The maximum absolute atomic E-state index is 12.9. The van der Waals surface area contributed by atoms with Crippen LogP contribution in [0.3, 0.4) is 0 Å². The molecule has 1 saturated heterocycles. The second-order valence-electron chi connectivity index (χ2n) is 8.02. The number of nitrogens with zero attached hydrogens (tertiary/aromatic N) is 2. The maximum atomic E-state index is 12.9. The summed E-state index contributed by atoms with van der Waals surface area (Å²) in [6.45, 7) is 5.48. The zero-order valence-electron chi connectivity index (χ0n) is 19.7. The Kier molecular flexibility index (Phi) is 8.61. The Labute approximate surface area is 207 Å². The summed E-state index contributed by atoms with van der Waals surface area (Å²) in [6, 6.07) is 8.29. The zero-order valence-corrected chi connectivity index (χ0v) is 20.6. The van der Waals surface area contributed by atoms with Crippen molar-refractivity contribution in [2.75, 3.05) is 12.3 Å². The normalized spacial score (nSPS) is 21.6. The zero-order chi connectivity index (χ0) is 26.5. The number of benzene rings is 1. The lowest BCUT2D eigenvalue weighted by Crippen LogP contribution is -2.42. The van der Waals surface area contributed by atoms with E-state index in [1.165, 1.54) is 6.20 Å². The average Bonchev–Trinajstić information content (AvgIpc) is 3.10. The summed E-state index contributed by atoms with van der Waals surface area (Å²) in [5, 5.41) is 0. The first-order valence-electron chi connectivity index (χ1n) is 10.9. The molecule has 4 atom stereocenters. The largest absolute Gasteiger partial charge is 0.463 e. The van der Waals surface area contributed by atoms with Crippen LogP contribution in [0.15, 0.2) is 54.0 Å². The molecular weight excluding hydrogens is 494 g/mol. The van der Waals surface area contributed by atoms with Gasteiger partial charge in [-0.1, -0.05) is 36.4 Å². The van der Waals surface area contributed by atoms with Gasteiger partial charge in [0.05, 0.1) is 0 Å². The third-order valence-corrected chi connectivity index (χ3v) is 6.38. The van der Waals surface area contributed by atoms with Crippen LogP contribution in [0, 0.1) is 0 Å². The van der Waals surface area contributed by atoms with Gasteiger partial charge in [0.2, 0.25) is 0 Å². The molecule has 3 rings (SSSR count). The predicted molar refractivity (Wildman–Crippen MR) is 127 cm³/mol. The fourth-order valence-corrected chi connectivity index (χ4v) is 4.94. The van der Waals surface area contributed by atoms with Gasteiger partial charge in [-0.15, -0.1) is 6.58 Å². The predicted octanol–water partition coefficient (Wildman–Crippen LogP) is 0.861. The minimum atomic E-state index is -4.25. The lowest BCUT2D eigenvalue weighted by Gasteiger charge is -2.24. The van der Waals surface area contributed by atoms with Crippen LogP contribution >= 0.6 is 0 Å². The Hall–Kier alpha value is -3.55. The molecule has 0 bridgehead atoms. The minimum Gasteiger partial charge on any atom is -0.463 e. The van der Waals surface area contributed by atoms with E-state index in [0.717, 1.165) is 18.4 Å². The van der Waals surface area contributed by atoms with Gasteiger partial charge in [-0.2, -0.15) is 13.4 Å². The number of esters is 2. The smallest absolute Gasteiger partial charge is 0.351 e. The molecule has 1 aliphatic rings. The molecule has 36 heavy (non-hydrogen) atoms. The van der Waals surface area contributed by atoms with Crippen molar-refractivity contribution >= 4 is 27.9 Å². The number of hydrogen-bond donors (Lipinski definition) is 1. The number of allylic oxidation sites excluding steroid dienone is 1. The molecule has 12 nitrogen and oxygen atoms in total. The topological polar surface area (TPSA) is 166 Å². The van der Waals surface area contributed by atoms with Crippen molar-refractivity contribution in [3.05, 3.63) is 70.8 Å². The van der Waals surface area contributed by atoms with E-state index in [1.807, 2.05) is 0 Å². The molecule has 1 aromatic heterocycles. The van der Waals surface area contributed by atoms with Crippen LogP contribution in [0.5, 0.6) is 0 Å². The summed E-state index contributed by atoms with van der Waals surface area (Å²) < 4.78 is 48.6. The molecular formula is C23H27N3O9S. The van der Waals surface area contributed by atoms with Crippen LogP contribution in [0.2, 0.25) is 0 Å². The molecule has 194 valence electrons. The highest BCUT2D eigenvalue weighted by atomic mass is 32.2. The fourth-order valence-electron chi connectivity index (χ4n) is 3.70. The summed E-state index contributed by atoms with van der Waals surface area (Å²) in [6.07, 6.45) is -2.24. The molecule has 13 heteroatoms. The first kappa shape index (κ1) is 27.0. The van der Waals surface area contributed by atoms with Gasteiger partial charge in [0.25, 0.3) is 10.1 Å². The van der Waals surface area contributed by atoms with Gasteiger partial charge >= 0.3 is 17.6 Å². The second kappa shape index (κ2) is 11.5. The number of anilines is 1. The van der Waals surface area contributed by atoms with Crippen molar-refractivity contribution in [1.29, 1.82) is 0 Å². The van der Waals surface area contributed by atoms with Crippen LogP contribution in [-0.4, -0.2) is 54.8 Å². The van der Waals surface area contributed by atoms with Gasteiger partial charge in [-0.25, -0.2) is 4.79 Å². The monoisotopic (exact) mass is 521 g/mol. The highest BCUT2D eigenvalue weighted by Gasteiger charge is 2.51. The number of nitrogen functional groups attached to an aromatic ring is 1. The number of carbonyl (C=O) groups is 2. The molecule has 0 aliphatic carbocycles. The molecule has 2 heterocycles. The van der Waals surface area contributed by atoms with Crippen LogP contribution in [0.25, 0.3) is 0 Å². The first-order chi connectivity index (χ1) is 17.0. The van der Waals surface area contributed by atoms with E-state index in [0.29, 0.717) is 11.1 Å². The van der Waals surface area contributed by atoms with E-state index >= 15 is 0 Å². The third-order valence-electron chi connectivity index (χ3n) is 5.18. The molecule has 1 fully saturated rings. The second-order valence-corrected chi connectivity index (χ2v) is 9.62. The number of ether oxygens (including phenoxy) is 3. The number of nitrogens with two attached hydrogens (primary N) is 1. The van der Waals surface area contributed by atoms with Crippen molar-refractivity contribution < 1.29 is 36.4 Å². The lowest BCUT2D eigenvalue weighted by atomic mass is 10.1. The van der Waals surface area contributed by atoms with Gasteiger partial charge < -0.3 is 19.9 Å². The summed E-state index contributed by atoms with van der Waals surface area (Å²) in [5.41, 5.74) is 5.89. The minimum absolute atomic E-state index is 0.0205. The van der Waals surface area contributed by atoms with Gasteiger partial charge in [-0.05, 0) is 12.0 Å². The molecule has 0 unspecified atom stereocenters. The molecule has 0 radical (unpaired) electrons. The lowest BCUT2D eigenvalue weighted by molar-refractivity contribution is -0.155. The number of aromatic nitrogens is 2. The van der Waals surface area contributed by atoms with Gasteiger partial charge in [0, 0.05) is 25.6 Å². The Balaban J connectivity index is 2.02. The van der Waals surface area contributed by atoms with Gasteiger partial charge in [0.15, 0.2) is 12.3 Å². The maximum Gasteiger partial charge on any atom is 0.351 e. The van der Waals surface area contributed by atoms with Crippen LogP contribution in [0.4, 0.5) is 5.82 Å². The van der Waals surface area contributed by atoms with E-state index in [9.17, 15) is 22.8 Å². The van der Waals surface area contributed by atoms with Crippen molar-refractivity contribution in [2.24, 2.45) is 0 Å². The fraction of sp³-hybridized carbons (Fsp3) is 0.391. The Bertz CT molecular complexity index is 1280. The highest BCUT2D eigenvalue weighted by Crippen LogP contribution is 2.35. The van der Waals surface area contributed by atoms with E-state index in [1.54, 1.807) is 36.4 Å². The number of carbonyl (C=O) groups excluding carboxylic acids is 2. The Morgan fingerprint density at radius 1 is 1.19 bits per heavy atom. The van der Waals surface area contributed by atoms with Crippen molar-refractivity contribution in [2.45, 2.75) is 50.6 Å². The molecule has 1 aromatic carbocycles. The van der Waals surface area contributed by atoms with E-state index in [2.05, 4.69) is 11.6 Å². The van der Waals surface area contributed by atoms with Crippen molar-refractivity contribution in [1.82, 2.24) is 9.55 Å². The molecule has 0 saturated carbocycles. The summed E-state index contributed by atoms with van der Waals surface area (Å²) in [7, 11) is -4.25. The quantitative estimate of drug-likeness (QED) is 0.268. The van der Waals surface area contributed by atoms with E-state index < -0.39 is 64.6 Å². The summed E-state index contributed by atoms with van der Waals surface area (Å²) >= 11 is 0. The standard InChI is InChI=1S/C23H27N3O9S/c1-4-8-17-11-26(23(29)25-21(17)24)22-20(33-15(3)28)19(18(34-22)12-32-14(2)27)35-36(30,31)13-16-9-6-5-7-10-16/h4-7,9-11,18-20,22H,1,8,12-13H2,2-3H3,(H2,24,25,29)/t18-,19+,20-,22-/m1/s1. The molecule has 0 spiro atoms. The van der Waals surface area contributed by atoms with Crippen molar-refractivity contribution in [3.63, 3.8) is 0 Å².